The summed E-state index contributed by atoms with van der Waals surface area (Å²) >= 11 is 3.21. The third kappa shape index (κ3) is 3.18. The Morgan fingerprint density at radius 3 is 1.88 bits per heavy atom. The van der Waals surface area contributed by atoms with Gasteiger partial charge in [-0.2, -0.15) is 5.10 Å². The molecule has 2 aromatic carbocycles. The molecule has 0 bridgehead atoms. The first-order valence-corrected chi connectivity index (χ1v) is 8.20. The third-order valence-corrected chi connectivity index (χ3v) is 4.38. The minimum absolute atomic E-state index is 0.0348. The zero-order chi connectivity index (χ0) is 18.0. The van der Waals surface area contributed by atoms with Crippen LogP contribution in [0.5, 0.6) is 0 Å². The average Bonchev–Trinajstić information content (AvgIpc) is 2.91. The number of para-hydroxylation sites is 2. The van der Waals surface area contributed by atoms with Gasteiger partial charge in [0, 0.05) is 18.4 Å². The Morgan fingerprint density at radius 1 is 1.00 bits per heavy atom. The number of carboxylic acid groups (broad SMARTS) is 1. The number of halogens is 1. The molecular weight excluding hydrogens is 386 g/mol. The van der Waals surface area contributed by atoms with Crippen LogP contribution in [0.1, 0.15) is 21.0 Å². The zero-order valence-electron chi connectivity index (χ0n) is 13.3. The number of aromatic carboxylic acids is 1. The molecule has 0 unspecified atom stereocenters. The summed E-state index contributed by atoms with van der Waals surface area (Å²) in [5.41, 5.74) is 1.28. The van der Waals surface area contributed by atoms with E-state index in [-0.39, 0.29) is 15.9 Å². The van der Waals surface area contributed by atoms with E-state index in [0.29, 0.717) is 11.4 Å². The van der Waals surface area contributed by atoms with Gasteiger partial charge >= 0.3 is 5.97 Å². The number of anilines is 2. The number of aryl methyl sites for hydroxylation is 1. The molecule has 6 nitrogen and oxygen atoms in total. The monoisotopic (exact) mass is 399 g/mol. The molecule has 1 amide bonds. The lowest BCUT2D eigenvalue weighted by atomic mass is 10.2. The van der Waals surface area contributed by atoms with Gasteiger partial charge in [0.05, 0.1) is 4.47 Å². The van der Waals surface area contributed by atoms with Gasteiger partial charge in [0.15, 0.2) is 11.4 Å². The van der Waals surface area contributed by atoms with Crippen LogP contribution in [0.25, 0.3) is 0 Å². The summed E-state index contributed by atoms with van der Waals surface area (Å²) < 4.78 is 1.33. The van der Waals surface area contributed by atoms with E-state index in [4.69, 9.17) is 0 Å². The van der Waals surface area contributed by atoms with E-state index in [1.54, 1.807) is 24.3 Å². The summed E-state index contributed by atoms with van der Waals surface area (Å²) in [6.45, 7) is 0. The topological polar surface area (TPSA) is 75.4 Å². The van der Waals surface area contributed by atoms with E-state index in [1.165, 1.54) is 16.6 Å². The van der Waals surface area contributed by atoms with Crippen LogP contribution in [0.3, 0.4) is 0 Å². The van der Waals surface area contributed by atoms with Crippen LogP contribution in [0, 0.1) is 0 Å². The highest BCUT2D eigenvalue weighted by atomic mass is 79.9. The maximum atomic E-state index is 13.2. The number of carboxylic acids is 1. The molecule has 0 saturated heterocycles. The molecular formula is C18H14BrN3O3. The molecule has 0 aliphatic heterocycles. The average molecular weight is 400 g/mol. The lowest BCUT2D eigenvalue weighted by Crippen LogP contribution is -2.26. The Kier molecular flexibility index (Phi) is 4.67. The van der Waals surface area contributed by atoms with Crippen LogP contribution < -0.4 is 4.90 Å². The molecule has 0 aliphatic carbocycles. The van der Waals surface area contributed by atoms with Gasteiger partial charge in [0.25, 0.3) is 5.91 Å². The summed E-state index contributed by atoms with van der Waals surface area (Å²) in [7, 11) is 1.49. The molecule has 0 saturated carbocycles. The molecule has 126 valence electrons. The molecule has 3 aromatic rings. The maximum absolute atomic E-state index is 13.2. The van der Waals surface area contributed by atoms with Gasteiger partial charge in [-0.3, -0.25) is 14.4 Å². The van der Waals surface area contributed by atoms with Gasteiger partial charge in [-0.25, -0.2) is 4.79 Å². The lowest BCUT2D eigenvalue weighted by Gasteiger charge is -2.22. The van der Waals surface area contributed by atoms with Crippen LogP contribution in [0.15, 0.2) is 65.1 Å². The van der Waals surface area contributed by atoms with Crippen LogP contribution >= 0.6 is 15.9 Å². The third-order valence-electron chi connectivity index (χ3n) is 3.63. The maximum Gasteiger partial charge on any atom is 0.355 e. The molecule has 1 aromatic heterocycles. The number of rotatable bonds is 4. The Labute approximate surface area is 152 Å². The molecule has 0 spiro atoms. The summed E-state index contributed by atoms with van der Waals surface area (Å²) in [6.07, 6.45) is 0. The van der Waals surface area contributed by atoms with Crippen molar-refractivity contribution < 1.29 is 14.7 Å². The molecule has 1 heterocycles. The second-order valence-corrected chi connectivity index (χ2v) is 6.04. The minimum Gasteiger partial charge on any atom is -0.476 e. The Hall–Kier alpha value is -2.93. The molecule has 7 heteroatoms. The predicted molar refractivity (Wildman–Crippen MR) is 97.2 cm³/mol. The van der Waals surface area contributed by atoms with Crippen LogP contribution in [0.4, 0.5) is 11.4 Å². The van der Waals surface area contributed by atoms with Crippen molar-refractivity contribution in [3.8, 4) is 0 Å². The first kappa shape index (κ1) is 16.9. The van der Waals surface area contributed by atoms with E-state index in [9.17, 15) is 14.7 Å². The van der Waals surface area contributed by atoms with Crippen molar-refractivity contribution in [3.63, 3.8) is 0 Å². The van der Waals surface area contributed by atoms with Crippen LogP contribution in [-0.4, -0.2) is 26.8 Å². The minimum atomic E-state index is -1.16. The summed E-state index contributed by atoms with van der Waals surface area (Å²) in [5.74, 6) is -1.58. The highest BCUT2D eigenvalue weighted by molar-refractivity contribution is 9.10. The van der Waals surface area contributed by atoms with Crippen molar-refractivity contribution in [2.45, 2.75) is 0 Å². The Bertz CT molecular complexity index is 884. The standard InChI is InChI=1S/C18H14BrN3O3/c1-21-16(18(24)25)14(19)15(20-21)17(23)22(12-8-4-2-5-9-12)13-10-6-3-7-11-13/h2-11H,1H3,(H,24,25). The molecule has 3 rings (SSSR count). The first-order valence-electron chi connectivity index (χ1n) is 7.41. The number of hydrogen-bond donors (Lipinski definition) is 1. The van der Waals surface area contributed by atoms with E-state index in [1.807, 2.05) is 36.4 Å². The number of nitrogens with zero attached hydrogens (tertiary/aromatic N) is 3. The molecule has 0 aliphatic rings. The van der Waals surface area contributed by atoms with Crippen LogP contribution in [0.2, 0.25) is 0 Å². The summed E-state index contributed by atoms with van der Waals surface area (Å²) in [5, 5.41) is 13.4. The van der Waals surface area contributed by atoms with Gasteiger partial charge in [-0.15, -0.1) is 0 Å². The SMILES string of the molecule is Cn1nc(C(=O)N(c2ccccc2)c2ccccc2)c(Br)c1C(=O)O. The van der Waals surface area contributed by atoms with Crippen molar-refractivity contribution in [3.05, 3.63) is 76.5 Å². The second-order valence-electron chi connectivity index (χ2n) is 5.25. The second kappa shape index (κ2) is 6.90. The number of carbonyl (C=O) groups excluding carboxylic acids is 1. The van der Waals surface area contributed by atoms with E-state index in [0.717, 1.165) is 0 Å². The van der Waals surface area contributed by atoms with Crippen molar-refractivity contribution >= 4 is 39.2 Å². The number of hydrogen-bond acceptors (Lipinski definition) is 3. The van der Waals surface area contributed by atoms with Crippen molar-refractivity contribution in [2.24, 2.45) is 7.05 Å². The summed E-state index contributed by atoms with van der Waals surface area (Å²) in [6, 6.07) is 18.2. The Balaban J connectivity index is 2.13. The smallest absolute Gasteiger partial charge is 0.355 e. The molecule has 0 fully saturated rings. The van der Waals surface area contributed by atoms with Gasteiger partial charge < -0.3 is 5.11 Å². The fraction of sp³-hybridized carbons (Fsp3) is 0.0556. The molecule has 25 heavy (non-hydrogen) atoms. The lowest BCUT2D eigenvalue weighted by molar-refractivity contribution is 0.0684. The van der Waals surface area contributed by atoms with Crippen molar-refractivity contribution in [1.29, 1.82) is 0 Å². The first-order chi connectivity index (χ1) is 12.0. The largest absolute Gasteiger partial charge is 0.476 e. The number of carbonyl (C=O) groups is 2. The van der Waals surface area contributed by atoms with Crippen molar-refractivity contribution in [2.75, 3.05) is 4.90 Å². The van der Waals surface area contributed by atoms with Gasteiger partial charge in [0.2, 0.25) is 0 Å². The molecule has 1 N–H and O–H groups in total. The normalized spacial score (nSPS) is 10.5. The van der Waals surface area contributed by atoms with E-state index >= 15 is 0 Å². The van der Waals surface area contributed by atoms with E-state index in [2.05, 4.69) is 21.0 Å². The molecule has 0 atom stereocenters. The number of benzene rings is 2. The zero-order valence-corrected chi connectivity index (χ0v) is 14.8. The van der Waals surface area contributed by atoms with E-state index < -0.39 is 11.9 Å². The van der Waals surface area contributed by atoms with Gasteiger partial charge in [0.1, 0.15) is 0 Å². The van der Waals surface area contributed by atoms with Gasteiger partial charge in [-0.1, -0.05) is 36.4 Å². The fourth-order valence-electron chi connectivity index (χ4n) is 2.51. The van der Waals surface area contributed by atoms with Crippen LogP contribution in [-0.2, 0) is 7.05 Å². The fourth-order valence-corrected chi connectivity index (χ4v) is 3.19. The number of amides is 1. The quantitative estimate of drug-likeness (QED) is 0.722. The summed E-state index contributed by atoms with van der Waals surface area (Å²) in [4.78, 5) is 26.1. The Morgan fingerprint density at radius 2 is 1.48 bits per heavy atom. The highest BCUT2D eigenvalue weighted by Gasteiger charge is 2.29. The molecule has 0 radical (unpaired) electrons. The predicted octanol–water partition coefficient (Wildman–Crippen LogP) is 3.86. The van der Waals surface area contributed by atoms with Crippen molar-refractivity contribution in [1.82, 2.24) is 9.78 Å². The highest BCUT2D eigenvalue weighted by Crippen LogP contribution is 2.30. The van der Waals surface area contributed by atoms with Gasteiger partial charge in [-0.05, 0) is 40.2 Å². The number of aromatic nitrogens is 2.